The van der Waals surface area contributed by atoms with Crippen LogP contribution >= 0.6 is 11.3 Å². The Balaban J connectivity index is 1.59. The number of carbonyl (C=O) groups is 1. The van der Waals surface area contributed by atoms with E-state index in [0.717, 1.165) is 16.1 Å². The zero-order valence-electron chi connectivity index (χ0n) is 14.1. The van der Waals surface area contributed by atoms with Crippen LogP contribution in [0, 0.1) is 0 Å². The van der Waals surface area contributed by atoms with E-state index in [1.165, 1.54) is 11.3 Å². The largest absolute Gasteiger partial charge is 0.475 e. The van der Waals surface area contributed by atoms with Gasteiger partial charge in [-0.15, -0.1) is 11.3 Å². The number of hydrogen-bond donors (Lipinski definition) is 1. The molecule has 1 amide bonds. The molecule has 0 aliphatic carbocycles. The van der Waals surface area contributed by atoms with E-state index in [9.17, 15) is 4.79 Å². The van der Waals surface area contributed by atoms with E-state index in [1.54, 1.807) is 17.6 Å². The van der Waals surface area contributed by atoms with Crippen LogP contribution in [-0.4, -0.2) is 22.0 Å². The summed E-state index contributed by atoms with van der Waals surface area (Å²) in [5.74, 6) is 0.387. The number of nitrogens with zero attached hydrogens (tertiary/aromatic N) is 2. The average Bonchev–Trinajstić information content (AvgIpc) is 3.11. The van der Waals surface area contributed by atoms with Crippen LogP contribution < -0.4 is 10.1 Å². The first-order valence-corrected chi connectivity index (χ1v) is 8.90. The lowest BCUT2D eigenvalue weighted by molar-refractivity contribution is 0.0946. The molecule has 0 aliphatic rings. The second kappa shape index (κ2) is 7.90. The number of nitrogens with one attached hydrogen (secondary N) is 1. The Morgan fingerprint density at radius 3 is 2.68 bits per heavy atom. The zero-order valence-corrected chi connectivity index (χ0v) is 14.9. The van der Waals surface area contributed by atoms with Crippen molar-refractivity contribution in [3.63, 3.8) is 0 Å². The van der Waals surface area contributed by atoms with Crippen LogP contribution in [0.5, 0.6) is 5.88 Å². The van der Waals surface area contributed by atoms with Gasteiger partial charge in [0.05, 0.1) is 6.10 Å². The maximum absolute atomic E-state index is 12.3. The van der Waals surface area contributed by atoms with E-state index in [0.29, 0.717) is 18.1 Å². The highest BCUT2D eigenvalue weighted by molar-refractivity contribution is 7.13. The summed E-state index contributed by atoms with van der Waals surface area (Å²) in [5, 5.41) is 5.47. The van der Waals surface area contributed by atoms with Crippen molar-refractivity contribution in [1.29, 1.82) is 0 Å². The molecule has 6 heteroatoms. The number of benzene rings is 1. The lowest BCUT2D eigenvalue weighted by Crippen LogP contribution is -2.23. The minimum absolute atomic E-state index is 0.0847. The minimum atomic E-state index is -0.194. The van der Waals surface area contributed by atoms with Crippen LogP contribution in [0.3, 0.4) is 0 Å². The number of hydrogen-bond acceptors (Lipinski definition) is 5. The molecule has 0 spiro atoms. The fraction of sp³-hybridized carbons (Fsp3) is 0.211. The monoisotopic (exact) mass is 353 g/mol. The zero-order chi connectivity index (χ0) is 17.6. The Morgan fingerprint density at radius 1 is 1.20 bits per heavy atom. The molecule has 5 nitrogen and oxygen atoms in total. The van der Waals surface area contributed by atoms with Gasteiger partial charge in [-0.05, 0) is 19.4 Å². The first-order valence-electron chi connectivity index (χ1n) is 8.02. The molecule has 128 valence electrons. The molecule has 2 heterocycles. The van der Waals surface area contributed by atoms with Gasteiger partial charge in [0, 0.05) is 29.8 Å². The highest BCUT2D eigenvalue weighted by atomic mass is 32.1. The number of thiazole rings is 1. The van der Waals surface area contributed by atoms with Crippen molar-refractivity contribution in [2.45, 2.75) is 26.5 Å². The summed E-state index contributed by atoms with van der Waals surface area (Å²) in [5.41, 5.74) is 2.34. The molecule has 3 aromatic rings. The molecule has 25 heavy (non-hydrogen) atoms. The maximum Gasteiger partial charge on any atom is 0.271 e. The molecule has 0 saturated heterocycles. The maximum atomic E-state index is 12.3. The van der Waals surface area contributed by atoms with Crippen molar-refractivity contribution < 1.29 is 9.53 Å². The van der Waals surface area contributed by atoms with E-state index in [2.05, 4.69) is 15.3 Å². The molecule has 0 aliphatic heterocycles. The Labute approximate surface area is 150 Å². The minimum Gasteiger partial charge on any atom is -0.475 e. The molecule has 0 radical (unpaired) electrons. The fourth-order valence-electron chi connectivity index (χ4n) is 2.19. The smallest absolute Gasteiger partial charge is 0.271 e. The summed E-state index contributed by atoms with van der Waals surface area (Å²) in [6.07, 6.45) is 1.79. The lowest BCUT2D eigenvalue weighted by atomic mass is 10.2. The lowest BCUT2D eigenvalue weighted by Gasteiger charge is -2.09. The SMILES string of the molecule is CC(C)Oc1ccc(CNC(=O)c2csc(-c3ccccc3)n2)cn1. The van der Waals surface area contributed by atoms with E-state index < -0.39 is 0 Å². The van der Waals surface area contributed by atoms with Crippen molar-refractivity contribution in [3.8, 4) is 16.5 Å². The van der Waals surface area contributed by atoms with Crippen LogP contribution in [0.25, 0.3) is 10.6 Å². The summed E-state index contributed by atoms with van der Waals surface area (Å²) in [6, 6.07) is 13.5. The summed E-state index contributed by atoms with van der Waals surface area (Å²) in [4.78, 5) is 20.9. The highest BCUT2D eigenvalue weighted by Crippen LogP contribution is 2.23. The van der Waals surface area contributed by atoms with Crippen molar-refractivity contribution in [2.75, 3.05) is 0 Å². The molecule has 0 bridgehead atoms. The van der Waals surface area contributed by atoms with Crippen molar-refractivity contribution in [2.24, 2.45) is 0 Å². The first kappa shape index (κ1) is 17.1. The number of rotatable bonds is 6. The van der Waals surface area contributed by atoms with Crippen LogP contribution in [0.15, 0.2) is 54.0 Å². The number of amides is 1. The van der Waals surface area contributed by atoms with E-state index in [4.69, 9.17) is 4.74 Å². The van der Waals surface area contributed by atoms with Crippen LogP contribution in [0.2, 0.25) is 0 Å². The molecule has 0 atom stereocenters. The Morgan fingerprint density at radius 2 is 2.00 bits per heavy atom. The summed E-state index contributed by atoms with van der Waals surface area (Å²) < 4.78 is 5.50. The van der Waals surface area contributed by atoms with Gasteiger partial charge in [0.15, 0.2) is 0 Å². The topological polar surface area (TPSA) is 64.1 Å². The Bertz CT molecular complexity index is 829. The van der Waals surface area contributed by atoms with Gasteiger partial charge in [0.2, 0.25) is 5.88 Å². The molecule has 2 aromatic heterocycles. The van der Waals surface area contributed by atoms with Gasteiger partial charge in [-0.25, -0.2) is 9.97 Å². The molecular formula is C19H19N3O2S. The Hall–Kier alpha value is -2.73. The van der Waals surface area contributed by atoms with Crippen LogP contribution in [-0.2, 0) is 6.54 Å². The number of carbonyl (C=O) groups excluding carboxylic acids is 1. The van der Waals surface area contributed by atoms with Crippen molar-refractivity contribution in [3.05, 3.63) is 65.3 Å². The average molecular weight is 353 g/mol. The van der Waals surface area contributed by atoms with Crippen LogP contribution in [0.1, 0.15) is 29.9 Å². The van der Waals surface area contributed by atoms with Gasteiger partial charge in [-0.3, -0.25) is 4.79 Å². The quantitative estimate of drug-likeness (QED) is 0.729. The molecule has 1 aromatic carbocycles. The first-order chi connectivity index (χ1) is 12.1. The van der Waals surface area contributed by atoms with Crippen molar-refractivity contribution >= 4 is 17.2 Å². The third-order valence-corrected chi connectivity index (χ3v) is 4.26. The van der Waals surface area contributed by atoms with Gasteiger partial charge in [0.1, 0.15) is 10.7 Å². The molecule has 0 fully saturated rings. The fourth-order valence-corrected chi connectivity index (χ4v) is 3.00. The second-order valence-electron chi connectivity index (χ2n) is 5.76. The normalized spacial score (nSPS) is 10.7. The number of aromatic nitrogens is 2. The Kier molecular flexibility index (Phi) is 5.40. The predicted molar refractivity (Wildman–Crippen MR) is 98.7 cm³/mol. The van der Waals surface area contributed by atoms with E-state index in [1.807, 2.05) is 50.2 Å². The third-order valence-electron chi connectivity index (χ3n) is 3.36. The molecular weight excluding hydrogens is 334 g/mol. The summed E-state index contributed by atoms with van der Waals surface area (Å²) >= 11 is 1.46. The van der Waals surface area contributed by atoms with Gasteiger partial charge < -0.3 is 10.1 Å². The highest BCUT2D eigenvalue weighted by Gasteiger charge is 2.11. The molecule has 0 unspecified atom stereocenters. The summed E-state index contributed by atoms with van der Waals surface area (Å²) in [6.45, 7) is 4.30. The standard InChI is InChI=1S/C19H19N3O2S/c1-13(2)24-17-9-8-14(10-20-17)11-21-18(23)16-12-25-19(22-16)15-6-4-3-5-7-15/h3-10,12-13H,11H2,1-2H3,(H,21,23). The molecule has 3 rings (SSSR count). The second-order valence-corrected chi connectivity index (χ2v) is 6.62. The van der Waals surface area contributed by atoms with Gasteiger partial charge in [0.25, 0.3) is 5.91 Å². The van der Waals surface area contributed by atoms with E-state index in [-0.39, 0.29) is 12.0 Å². The summed E-state index contributed by atoms with van der Waals surface area (Å²) in [7, 11) is 0. The van der Waals surface area contributed by atoms with Gasteiger partial charge in [-0.1, -0.05) is 36.4 Å². The third kappa shape index (κ3) is 4.64. The van der Waals surface area contributed by atoms with E-state index >= 15 is 0 Å². The predicted octanol–water partition coefficient (Wildman–Crippen LogP) is 3.92. The van der Waals surface area contributed by atoms with Crippen LogP contribution in [0.4, 0.5) is 0 Å². The number of pyridine rings is 1. The molecule has 0 saturated carbocycles. The van der Waals surface area contributed by atoms with Crippen molar-refractivity contribution in [1.82, 2.24) is 15.3 Å². The molecule has 1 N–H and O–H groups in total. The van der Waals surface area contributed by atoms with Gasteiger partial charge in [-0.2, -0.15) is 0 Å². The van der Waals surface area contributed by atoms with Gasteiger partial charge >= 0.3 is 0 Å². The number of ether oxygens (including phenoxy) is 1.